The molecule has 0 aliphatic carbocycles. The van der Waals surface area contributed by atoms with Gasteiger partial charge in [0.15, 0.2) is 11.5 Å². The summed E-state index contributed by atoms with van der Waals surface area (Å²) in [4.78, 5) is 16.7. The van der Waals surface area contributed by atoms with Gasteiger partial charge in [0.05, 0.1) is 30.5 Å². The third-order valence-corrected chi connectivity index (χ3v) is 8.03. The van der Waals surface area contributed by atoms with Crippen molar-refractivity contribution in [2.45, 2.75) is 4.90 Å². The zero-order chi connectivity index (χ0) is 25.9. The minimum atomic E-state index is -3.87. The second-order valence-corrected chi connectivity index (χ2v) is 10.2. The maximum absolute atomic E-state index is 14.1. The number of amides is 1. The van der Waals surface area contributed by atoms with Crippen molar-refractivity contribution in [1.82, 2.24) is 4.90 Å². The molecule has 10 heteroatoms. The molecular formula is C26H28FN3O5S. The molecule has 1 fully saturated rings. The van der Waals surface area contributed by atoms with E-state index in [1.807, 2.05) is 4.90 Å². The van der Waals surface area contributed by atoms with Crippen molar-refractivity contribution in [2.75, 3.05) is 56.7 Å². The van der Waals surface area contributed by atoms with Crippen LogP contribution < -0.4 is 18.7 Å². The van der Waals surface area contributed by atoms with Crippen LogP contribution in [0.1, 0.15) is 10.4 Å². The number of methoxy groups -OCH3 is 2. The topological polar surface area (TPSA) is 79.4 Å². The minimum absolute atomic E-state index is 0.0514. The van der Waals surface area contributed by atoms with Gasteiger partial charge in [-0.05, 0) is 48.5 Å². The standard InChI is InChI=1S/C26H28FN3O5S/c1-28(36(32,33)21-12-13-24(34-2)25(18-21)35-3)20-10-8-19(9-11-20)26(31)30-16-14-29(15-17-30)23-7-5-4-6-22(23)27/h4-13,18H,14-17H2,1-3H3. The molecule has 0 N–H and O–H groups in total. The van der Waals surface area contributed by atoms with Gasteiger partial charge in [-0.3, -0.25) is 9.10 Å². The summed E-state index contributed by atoms with van der Waals surface area (Å²) in [5, 5.41) is 0. The molecule has 0 saturated carbocycles. The summed E-state index contributed by atoms with van der Waals surface area (Å²) in [5.41, 5.74) is 1.40. The zero-order valence-corrected chi connectivity index (χ0v) is 21.2. The van der Waals surface area contributed by atoms with Crippen molar-refractivity contribution < 1.29 is 27.1 Å². The Hall–Kier alpha value is -3.79. The van der Waals surface area contributed by atoms with Crippen molar-refractivity contribution in [3.63, 3.8) is 0 Å². The Kier molecular flexibility index (Phi) is 7.35. The average molecular weight is 514 g/mol. The van der Waals surface area contributed by atoms with Gasteiger partial charge < -0.3 is 19.3 Å². The molecule has 8 nitrogen and oxygen atoms in total. The van der Waals surface area contributed by atoms with E-state index >= 15 is 0 Å². The molecule has 3 aromatic carbocycles. The van der Waals surface area contributed by atoms with Crippen molar-refractivity contribution in [2.24, 2.45) is 0 Å². The highest BCUT2D eigenvalue weighted by Gasteiger charge is 2.25. The van der Waals surface area contributed by atoms with Crippen LogP contribution >= 0.6 is 0 Å². The third-order valence-electron chi connectivity index (χ3n) is 6.25. The zero-order valence-electron chi connectivity index (χ0n) is 20.3. The second-order valence-electron chi connectivity index (χ2n) is 8.27. The van der Waals surface area contributed by atoms with E-state index in [-0.39, 0.29) is 16.6 Å². The fourth-order valence-corrected chi connectivity index (χ4v) is 5.34. The van der Waals surface area contributed by atoms with Gasteiger partial charge in [0, 0.05) is 44.9 Å². The van der Waals surface area contributed by atoms with Gasteiger partial charge in [0.2, 0.25) is 0 Å². The van der Waals surface area contributed by atoms with Crippen LogP contribution in [0.2, 0.25) is 0 Å². The van der Waals surface area contributed by atoms with E-state index in [1.54, 1.807) is 47.4 Å². The molecular weight excluding hydrogens is 485 g/mol. The first-order valence-corrected chi connectivity index (χ1v) is 12.8. The number of anilines is 2. The smallest absolute Gasteiger partial charge is 0.264 e. The molecule has 1 aliphatic heterocycles. The van der Waals surface area contributed by atoms with Gasteiger partial charge in [0.25, 0.3) is 15.9 Å². The van der Waals surface area contributed by atoms with Gasteiger partial charge in [-0.25, -0.2) is 12.8 Å². The molecule has 0 bridgehead atoms. The van der Waals surface area contributed by atoms with Crippen LogP contribution in [0.3, 0.4) is 0 Å². The molecule has 0 unspecified atom stereocenters. The Morgan fingerprint density at radius 1 is 0.889 bits per heavy atom. The number of halogens is 1. The molecule has 1 saturated heterocycles. The molecule has 0 aromatic heterocycles. The Bertz CT molecular complexity index is 1340. The molecule has 4 rings (SSSR count). The lowest BCUT2D eigenvalue weighted by Gasteiger charge is -2.36. The number of piperazine rings is 1. The van der Waals surface area contributed by atoms with Gasteiger partial charge in [-0.15, -0.1) is 0 Å². The summed E-state index contributed by atoms with van der Waals surface area (Å²) in [6.45, 7) is 1.97. The number of carbonyl (C=O) groups is 1. The van der Waals surface area contributed by atoms with E-state index in [1.165, 1.54) is 45.5 Å². The van der Waals surface area contributed by atoms with Crippen LogP contribution in [-0.2, 0) is 10.0 Å². The number of nitrogens with zero attached hydrogens (tertiary/aromatic N) is 3. The van der Waals surface area contributed by atoms with Crippen LogP contribution in [0.4, 0.5) is 15.8 Å². The fourth-order valence-electron chi connectivity index (χ4n) is 4.13. The Labute approximate surface area is 210 Å². The average Bonchev–Trinajstić information content (AvgIpc) is 2.92. The van der Waals surface area contributed by atoms with Crippen molar-refractivity contribution in [1.29, 1.82) is 0 Å². The summed E-state index contributed by atoms with van der Waals surface area (Å²) >= 11 is 0. The highest BCUT2D eigenvalue weighted by atomic mass is 32.2. The van der Waals surface area contributed by atoms with E-state index in [4.69, 9.17) is 9.47 Å². The summed E-state index contributed by atoms with van der Waals surface area (Å²) in [5.74, 6) is 0.305. The molecule has 0 spiro atoms. The number of para-hydroxylation sites is 1. The monoisotopic (exact) mass is 513 g/mol. The minimum Gasteiger partial charge on any atom is -0.493 e. The van der Waals surface area contributed by atoms with Gasteiger partial charge in [-0.2, -0.15) is 0 Å². The maximum atomic E-state index is 14.1. The molecule has 0 atom stereocenters. The second kappa shape index (κ2) is 10.4. The van der Waals surface area contributed by atoms with Crippen molar-refractivity contribution in [3.8, 4) is 11.5 Å². The number of rotatable bonds is 7. The summed E-state index contributed by atoms with van der Waals surface area (Å²) in [6.07, 6.45) is 0. The van der Waals surface area contributed by atoms with Crippen molar-refractivity contribution in [3.05, 3.63) is 78.1 Å². The highest BCUT2D eigenvalue weighted by molar-refractivity contribution is 7.92. The molecule has 1 amide bonds. The molecule has 1 aliphatic rings. The Morgan fingerprint density at radius 3 is 2.14 bits per heavy atom. The van der Waals surface area contributed by atoms with Gasteiger partial charge >= 0.3 is 0 Å². The SMILES string of the molecule is COc1ccc(S(=O)(=O)N(C)c2ccc(C(=O)N3CCN(c4ccccc4F)CC3)cc2)cc1OC. The Morgan fingerprint density at radius 2 is 1.53 bits per heavy atom. The largest absolute Gasteiger partial charge is 0.493 e. The van der Waals surface area contributed by atoms with Gasteiger partial charge in [0.1, 0.15) is 5.82 Å². The maximum Gasteiger partial charge on any atom is 0.264 e. The van der Waals surface area contributed by atoms with Crippen LogP contribution in [-0.4, -0.2) is 66.7 Å². The fraction of sp³-hybridized carbons (Fsp3) is 0.269. The predicted octanol–water partition coefficient (Wildman–Crippen LogP) is 3.63. The van der Waals surface area contributed by atoms with E-state index < -0.39 is 10.0 Å². The number of carbonyl (C=O) groups excluding carboxylic acids is 1. The van der Waals surface area contributed by atoms with E-state index in [0.29, 0.717) is 54.6 Å². The molecule has 1 heterocycles. The first kappa shape index (κ1) is 25.3. The highest BCUT2D eigenvalue weighted by Crippen LogP contribution is 2.32. The lowest BCUT2D eigenvalue weighted by molar-refractivity contribution is 0.0746. The van der Waals surface area contributed by atoms with Crippen LogP contribution in [0.15, 0.2) is 71.6 Å². The molecule has 3 aromatic rings. The predicted molar refractivity (Wildman–Crippen MR) is 136 cm³/mol. The number of benzene rings is 3. The molecule has 0 radical (unpaired) electrons. The first-order chi connectivity index (χ1) is 17.3. The quantitative estimate of drug-likeness (QED) is 0.480. The number of sulfonamides is 1. The van der Waals surface area contributed by atoms with E-state index in [0.717, 1.165) is 4.31 Å². The van der Waals surface area contributed by atoms with E-state index in [9.17, 15) is 17.6 Å². The summed E-state index contributed by atoms with van der Waals surface area (Å²) in [6, 6.07) is 17.4. The molecule has 36 heavy (non-hydrogen) atoms. The number of hydrogen-bond acceptors (Lipinski definition) is 6. The van der Waals surface area contributed by atoms with E-state index in [2.05, 4.69) is 0 Å². The molecule has 190 valence electrons. The van der Waals surface area contributed by atoms with Crippen LogP contribution in [0.5, 0.6) is 11.5 Å². The number of hydrogen-bond donors (Lipinski definition) is 0. The van der Waals surface area contributed by atoms with Crippen molar-refractivity contribution >= 4 is 27.3 Å². The summed E-state index contributed by atoms with van der Waals surface area (Å²) in [7, 11) is 0.490. The Balaban J connectivity index is 1.44. The normalized spacial score (nSPS) is 13.9. The lowest BCUT2D eigenvalue weighted by atomic mass is 10.1. The summed E-state index contributed by atoms with van der Waals surface area (Å²) < 4.78 is 52.0. The first-order valence-electron chi connectivity index (χ1n) is 11.4. The lowest BCUT2D eigenvalue weighted by Crippen LogP contribution is -2.49. The third kappa shape index (κ3) is 4.94. The number of ether oxygens (including phenoxy) is 2. The van der Waals surface area contributed by atoms with Crippen LogP contribution in [0.25, 0.3) is 0 Å². The van der Waals surface area contributed by atoms with Gasteiger partial charge in [-0.1, -0.05) is 12.1 Å². The van der Waals surface area contributed by atoms with Crippen LogP contribution in [0, 0.1) is 5.82 Å².